The van der Waals surface area contributed by atoms with Crippen molar-refractivity contribution >= 4 is 15.7 Å². The van der Waals surface area contributed by atoms with Crippen LogP contribution in [0, 0.1) is 20.8 Å². The van der Waals surface area contributed by atoms with E-state index in [0.717, 1.165) is 22.3 Å². The Labute approximate surface area is 168 Å². The summed E-state index contributed by atoms with van der Waals surface area (Å²) >= 11 is 0. The number of rotatable bonds is 5. The molecule has 0 aliphatic carbocycles. The Hall–Kier alpha value is -3.39. The third-order valence-corrected chi connectivity index (χ3v) is 5.89. The summed E-state index contributed by atoms with van der Waals surface area (Å²) in [5.74, 6) is 0.580. The molecule has 0 aliphatic rings. The third kappa shape index (κ3) is 3.79. The average molecular weight is 408 g/mol. The molecule has 0 fully saturated rings. The lowest BCUT2D eigenvalue weighted by Gasteiger charge is -2.13. The number of nitrogens with zero attached hydrogens (tertiary/aromatic N) is 2. The highest BCUT2D eigenvalue weighted by Crippen LogP contribution is 2.28. The van der Waals surface area contributed by atoms with E-state index in [1.165, 1.54) is 12.3 Å². The van der Waals surface area contributed by atoms with Crippen molar-refractivity contribution < 1.29 is 12.8 Å². The van der Waals surface area contributed by atoms with Gasteiger partial charge >= 0.3 is 0 Å². The van der Waals surface area contributed by atoms with Crippen molar-refractivity contribution in [2.24, 2.45) is 0 Å². The van der Waals surface area contributed by atoms with Crippen molar-refractivity contribution in [3.63, 3.8) is 0 Å². The van der Waals surface area contributed by atoms with Crippen LogP contribution in [0.1, 0.15) is 16.7 Å². The van der Waals surface area contributed by atoms with Gasteiger partial charge in [0.05, 0.1) is 5.69 Å². The molecule has 2 aromatic heterocycles. The summed E-state index contributed by atoms with van der Waals surface area (Å²) in [7, 11) is -3.77. The number of benzene rings is 2. The van der Waals surface area contributed by atoms with E-state index in [2.05, 4.69) is 19.9 Å². The second kappa shape index (κ2) is 7.21. The van der Waals surface area contributed by atoms with Gasteiger partial charge in [-0.2, -0.15) is 0 Å². The Bertz CT molecular complexity index is 1250. The van der Waals surface area contributed by atoms with E-state index in [9.17, 15) is 8.42 Å². The first-order valence-electron chi connectivity index (χ1n) is 9.02. The van der Waals surface area contributed by atoms with Gasteiger partial charge in [0.2, 0.25) is 5.89 Å². The van der Waals surface area contributed by atoms with Gasteiger partial charge in [-0.3, -0.25) is 4.72 Å². The largest absolute Gasteiger partial charge is 0.415 e. The van der Waals surface area contributed by atoms with Crippen LogP contribution in [-0.4, -0.2) is 23.6 Å². The van der Waals surface area contributed by atoms with E-state index in [-0.39, 0.29) is 10.8 Å². The molecule has 4 aromatic rings. The Morgan fingerprint density at radius 3 is 2.28 bits per heavy atom. The molecule has 0 saturated carbocycles. The molecule has 0 saturated heterocycles. The first-order chi connectivity index (χ1) is 13.8. The summed E-state index contributed by atoms with van der Waals surface area (Å²) in [5.41, 5.74) is 4.62. The van der Waals surface area contributed by atoms with Gasteiger partial charge in [0.25, 0.3) is 15.9 Å². The van der Waals surface area contributed by atoms with Crippen molar-refractivity contribution in [2.45, 2.75) is 25.7 Å². The Morgan fingerprint density at radius 1 is 0.931 bits per heavy atom. The smallest absolute Gasteiger partial charge is 0.264 e. The highest BCUT2D eigenvalue weighted by Gasteiger charge is 2.21. The summed E-state index contributed by atoms with van der Waals surface area (Å²) in [6.07, 6.45) is 1.41. The van der Waals surface area contributed by atoms with E-state index >= 15 is 0 Å². The van der Waals surface area contributed by atoms with Crippen LogP contribution in [0.4, 0.5) is 5.69 Å². The van der Waals surface area contributed by atoms with Gasteiger partial charge in [-0.15, -0.1) is 10.2 Å². The summed E-state index contributed by atoms with van der Waals surface area (Å²) in [6.45, 7) is 5.73. The molecule has 0 spiro atoms. The molecule has 29 heavy (non-hydrogen) atoms. The van der Waals surface area contributed by atoms with E-state index in [4.69, 9.17) is 4.42 Å². The minimum atomic E-state index is -3.77. The monoisotopic (exact) mass is 408 g/mol. The van der Waals surface area contributed by atoms with Gasteiger partial charge in [-0.1, -0.05) is 35.9 Å². The Morgan fingerprint density at radius 2 is 1.59 bits per heavy atom. The fraction of sp³-hybridized carbons (Fsp3) is 0.143. The second-order valence-electron chi connectivity index (χ2n) is 6.91. The van der Waals surface area contributed by atoms with Gasteiger partial charge in [0.15, 0.2) is 0 Å². The Balaban J connectivity index is 1.61. The lowest BCUT2D eigenvalue weighted by atomic mass is 10.1. The fourth-order valence-electron chi connectivity index (χ4n) is 3.22. The van der Waals surface area contributed by atoms with Crippen LogP contribution >= 0.6 is 0 Å². The molecule has 4 rings (SSSR count). The van der Waals surface area contributed by atoms with Gasteiger partial charge in [-0.25, -0.2) is 8.42 Å². The van der Waals surface area contributed by atoms with Gasteiger partial charge in [-0.05, 0) is 50.1 Å². The van der Waals surface area contributed by atoms with Crippen LogP contribution in [0.3, 0.4) is 0 Å². The van der Waals surface area contributed by atoms with E-state index < -0.39 is 10.0 Å². The van der Waals surface area contributed by atoms with Crippen molar-refractivity contribution in [1.82, 2.24) is 15.2 Å². The minimum absolute atomic E-state index is 0.0892. The van der Waals surface area contributed by atoms with E-state index in [1.54, 1.807) is 0 Å². The SMILES string of the molecule is Cc1cc(C)c(NS(=O)(=O)c2c[nH]c(-c3nnc(-c4ccccc4)o3)c2)c(C)c1. The molecule has 2 N–H and O–H groups in total. The highest BCUT2D eigenvalue weighted by molar-refractivity contribution is 7.92. The maximum absolute atomic E-state index is 12.9. The number of aromatic amines is 1. The van der Waals surface area contributed by atoms with Gasteiger partial charge in [0, 0.05) is 11.8 Å². The molecule has 148 valence electrons. The number of sulfonamides is 1. The molecular weight excluding hydrogens is 388 g/mol. The predicted octanol–water partition coefficient (Wildman–Crippen LogP) is 4.46. The average Bonchev–Trinajstić information content (AvgIpc) is 3.35. The molecule has 8 heteroatoms. The van der Waals surface area contributed by atoms with Crippen LogP contribution in [0.15, 0.2) is 64.0 Å². The molecule has 2 aromatic carbocycles. The van der Waals surface area contributed by atoms with Gasteiger partial charge in [0.1, 0.15) is 10.6 Å². The van der Waals surface area contributed by atoms with Gasteiger partial charge < -0.3 is 9.40 Å². The zero-order valence-electron chi connectivity index (χ0n) is 16.2. The van der Waals surface area contributed by atoms with Crippen LogP contribution < -0.4 is 4.72 Å². The maximum atomic E-state index is 12.9. The second-order valence-corrected chi connectivity index (χ2v) is 8.59. The molecule has 0 aliphatic heterocycles. The normalized spacial score (nSPS) is 11.6. The third-order valence-electron chi connectivity index (χ3n) is 4.56. The summed E-state index contributed by atoms with van der Waals surface area (Å²) < 4.78 is 34.1. The number of H-pyrrole nitrogens is 1. The van der Waals surface area contributed by atoms with Crippen molar-refractivity contribution in [3.8, 4) is 23.0 Å². The number of hydrogen-bond donors (Lipinski definition) is 2. The van der Waals surface area contributed by atoms with Crippen LogP contribution in [0.2, 0.25) is 0 Å². The number of nitrogens with one attached hydrogen (secondary N) is 2. The topological polar surface area (TPSA) is 101 Å². The van der Waals surface area contributed by atoms with Crippen molar-refractivity contribution in [3.05, 3.63) is 71.4 Å². The molecule has 7 nitrogen and oxygen atoms in total. The molecule has 0 amide bonds. The van der Waals surface area contributed by atoms with Crippen molar-refractivity contribution in [2.75, 3.05) is 4.72 Å². The number of aromatic nitrogens is 3. The number of aryl methyl sites for hydroxylation is 3. The molecule has 2 heterocycles. The summed E-state index contributed by atoms with van der Waals surface area (Å²) in [5, 5.41) is 8.05. The van der Waals surface area contributed by atoms with E-state index in [1.807, 2.05) is 63.2 Å². The molecular formula is C21H20N4O3S. The van der Waals surface area contributed by atoms with E-state index in [0.29, 0.717) is 17.3 Å². The fourth-order valence-corrected chi connectivity index (χ4v) is 4.41. The lowest BCUT2D eigenvalue weighted by Crippen LogP contribution is -2.14. The van der Waals surface area contributed by atoms with Crippen LogP contribution in [0.5, 0.6) is 0 Å². The number of hydrogen-bond acceptors (Lipinski definition) is 5. The first kappa shape index (κ1) is 18.9. The summed E-state index contributed by atoms with van der Waals surface area (Å²) in [6, 6.07) is 14.7. The standard InChI is InChI=1S/C21H20N4O3S/c1-13-9-14(2)19(15(3)10-13)25-29(26,27)17-11-18(22-12-17)21-24-23-20(28-21)16-7-5-4-6-8-16/h4-12,22,25H,1-3H3. The van der Waals surface area contributed by atoms with Crippen LogP contribution in [-0.2, 0) is 10.0 Å². The van der Waals surface area contributed by atoms with Crippen molar-refractivity contribution in [1.29, 1.82) is 0 Å². The molecule has 0 atom stereocenters. The molecule has 0 radical (unpaired) electrons. The van der Waals surface area contributed by atoms with Crippen LogP contribution in [0.25, 0.3) is 23.0 Å². The Kier molecular flexibility index (Phi) is 4.71. The quantitative estimate of drug-likeness (QED) is 0.508. The maximum Gasteiger partial charge on any atom is 0.264 e. The predicted molar refractivity (Wildman–Crippen MR) is 111 cm³/mol. The first-order valence-corrected chi connectivity index (χ1v) is 10.5. The lowest BCUT2D eigenvalue weighted by molar-refractivity contribution is 0.582. The minimum Gasteiger partial charge on any atom is -0.415 e. The highest BCUT2D eigenvalue weighted by atomic mass is 32.2. The zero-order chi connectivity index (χ0) is 20.6. The summed E-state index contributed by atoms with van der Waals surface area (Å²) in [4.78, 5) is 2.99. The molecule has 0 unspecified atom stereocenters. The zero-order valence-corrected chi connectivity index (χ0v) is 17.0. The number of anilines is 1. The molecule has 0 bridgehead atoms.